The maximum absolute atomic E-state index is 5.22. The Balaban J connectivity index is 0.000000810. The zero-order chi connectivity index (χ0) is 6.74. The first-order valence-electron chi connectivity index (χ1n) is 3.72. The van der Waals surface area contributed by atoms with Gasteiger partial charge in [-0.2, -0.15) is 0 Å². The smallest absolute Gasteiger partial charge is 0.0942 e. The lowest BCUT2D eigenvalue weighted by atomic mass is 10.1. The summed E-state index contributed by atoms with van der Waals surface area (Å²) in [5, 5.41) is 2.31. The van der Waals surface area contributed by atoms with Crippen LogP contribution in [0.25, 0.3) is 0 Å². The molecule has 0 saturated carbocycles. The zero-order valence-electron chi connectivity index (χ0n) is 6.69. The number of quaternary nitrogens is 1. The van der Waals surface area contributed by atoms with E-state index in [0.717, 1.165) is 6.61 Å². The van der Waals surface area contributed by atoms with E-state index < -0.39 is 0 Å². The average Bonchev–Trinajstić information content (AvgIpc) is 2.50. The van der Waals surface area contributed by atoms with Crippen molar-refractivity contribution in [3.63, 3.8) is 0 Å². The van der Waals surface area contributed by atoms with Crippen LogP contribution in [0.4, 0.5) is 0 Å². The van der Waals surface area contributed by atoms with Crippen LogP contribution in [0.1, 0.15) is 20.3 Å². The van der Waals surface area contributed by atoms with Gasteiger partial charge in [0.1, 0.15) is 0 Å². The highest BCUT2D eigenvalue weighted by Gasteiger charge is 2.38. The summed E-state index contributed by atoms with van der Waals surface area (Å²) in [6, 6.07) is 0. The molecule has 0 bridgehead atoms. The lowest BCUT2D eigenvalue weighted by molar-refractivity contribution is -0.652. The molecule has 0 aromatic carbocycles. The van der Waals surface area contributed by atoms with Gasteiger partial charge >= 0.3 is 0 Å². The highest BCUT2D eigenvalue weighted by Crippen LogP contribution is 2.28. The van der Waals surface area contributed by atoms with Crippen molar-refractivity contribution in [1.82, 2.24) is 0 Å². The van der Waals surface area contributed by atoms with Gasteiger partial charge in [-0.3, -0.25) is 0 Å². The molecule has 10 heavy (non-hydrogen) atoms. The van der Waals surface area contributed by atoms with Crippen LogP contribution >= 0.6 is 0 Å². The van der Waals surface area contributed by atoms with Crippen LogP contribution in [-0.4, -0.2) is 25.3 Å². The molecule has 1 unspecified atom stereocenters. The molecule has 1 aliphatic rings. The number of epoxide rings is 1. The summed E-state index contributed by atoms with van der Waals surface area (Å²) in [6.45, 7) is 7.74. The maximum atomic E-state index is 5.22. The first kappa shape index (κ1) is 10.2. The molecule has 1 rings (SSSR count). The summed E-state index contributed by atoms with van der Waals surface area (Å²) in [6.07, 6.45) is 1.21. The highest BCUT2D eigenvalue weighted by molar-refractivity contribution is 4.85. The van der Waals surface area contributed by atoms with Crippen molar-refractivity contribution in [2.24, 2.45) is 0 Å². The monoisotopic (exact) mass is 165 g/mol. The average molecular weight is 166 g/mol. The molecule has 0 aromatic heterocycles. The van der Waals surface area contributed by atoms with Crippen molar-refractivity contribution in [3.8, 4) is 0 Å². The Morgan fingerprint density at radius 1 is 1.60 bits per heavy atom. The number of hydrogen-bond acceptors (Lipinski definition) is 1. The minimum absolute atomic E-state index is 0. The second kappa shape index (κ2) is 4.16. The summed E-state index contributed by atoms with van der Waals surface area (Å²) in [5.74, 6) is 0. The first-order chi connectivity index (χ1) is 4.27. The standard InChI is InChI=1S/C7H15NO.ClH/c1-3-8-5-4-7(2)6-9-7;/h8H,3-6H2,1-2H3;1H. The molecule has 62 valence electrons. The number of nitrogens with two attached hydrogens (primary N) is 1. The third-order valence-corrected chi connectivity index (χ3v) is 1.80. The molecule has 1 saturated heterocycles. The van der Waals surface area contributed by atoms with Gasteiger partial charge in [0.15, 0.2) is 0 Å². The molecule has 2 nitrogen and oxygen atoms in total. The van der Waals surface area contributed by atoms with E-state index in [1.165, 1.54) is 19.5 Å². The van der Waals surface area contributed by atoms with Crippen molar-refractivity contribution < 1.29 is 22.5 Å². The molecule has 1 heterocycles. The van der Waals surface area contributed by atoms with Gasteiger partial charge in [-0.25, -0.2) is 0 Å². The lowest BCUT2D eigenvalue weighted by Gasteiger charge is -2.01. The van der Waals surface area contributed by atoms with Crippen molar-refractivity contribution in [2.75, 3.05) is 19.7 Å². The van der Waals surface area contributed by atoms with E-state index in [1.54, 1.807) is 0 Å². The zero-order valence-corrected chi connectivity index (χ0v) is 7.45. The van der Waals surface area contributed by atoms with Crippen molar-refractivity contribution in [3.05, 3.63) is 0 Å². The predicted molar refractivity (Wildman–Crippen MR) is 36.3 cm³/mol. The Morgan fingerprint density at radius 2 is 2.20 bits per heavy atom. The topological polar surface area (TPSA) is 29.1 Å². The summed E-state index contributed by atoms with van der Waals surface area (Å²) < 4.78 is 5.22. The third kappa shape index (κ3) is 3.40. The van der Waals surface area contributed by atoms with Crippen LogP contribution in [0.15, 0.2) is 0 Å². The molecule has 3 heteroatoms. The molecule has 0 aliphatic carbocycles. The summed E-state index contributed by atoms with van der Waals surface area (Å²) in [7, 11) is 0. The van der Waals surface area contributed by atoms with Crippen LogP contribution in [0, 0.1) is 0 Å². The largest absolute Gasteiger partial charge is 1.00 e. The van der Waals surface area contributed by atoms with Gasteiger partial charge in [0.2, 0.25) is 0 Å². The molecule has 0 spiro atoms. The van der Waals surface area contributed by atoms with Gasteiger partial charge in [0.25, 0.3) is 0 Å². The van der Waals surface area contributed by atoms with Crippen molar-refractivity contribution in [1.29, 1.82) is 0 Å². The van der Waals surface area contributed by atoms with Gasteiger partial charge in [0, 0.05) is 6.42 Å². The van der Waals surface area contributed by atoms with Crippen molar-refractivity contribution in [2.45, 2.75) is 25.9 Å². The molecular formula is C7H16ClNO. The van der Waals surface area contributed by atoms with Gasteiger partial charge in [0.05, 0.1) is 25.3 Å². The molecule has 0 radical (unpaired) electrons. The van der Waals surface area contributed by atoms with Crippen molar-refractivity contribution >= 4 is 0 Å². The van der Waals surface area contributed by atoms with E-state index in [2.05, 4.69) is 19.2 Å². The van der Waals surface area contributed by atoms with Crippen LogP contribution in [0.2, 0.25) is 0 Å². The fraction of sp³-hybridized carbons (Fsp3) is 1.00. The Morgan fingerprint density at radius 3 is 2.60 bits per heavy atom. The second-order valence-corrected chi connectivity index (χ2v) is 2.97. The van der Waals surface area contributed by atoms with Crippen LogP contribution in [-0.2, 0) is 4.74 Å². The Kier molecular flexibility index (Phi) is 4.25. The molecule has 1 atom stereocenters. The van der Waals surface area contributed by atoms with Gasteiger partial charge < -0.3 is 22.5 Å². The minimum Gasteiger partial charge on any atom is -1.00 e. The van der Waals surface area contributed by atoms with Gasteiger partial charge in [-0.1, -0.05) is 0 Å². The normalized spacial score (nSPS) is 29.4. The fourth-order valence-electron chi connectivity index (χ4n) is 0.879. The summed E-state index contributed by atoms with van der Waals surface area (Å²) in [4.78, 5) is 0. The quantitative estimate of drug-likeness (QED) is 0.344. The fourth-order valence-corrected chi connectivity index (χ4v) is 0.879. The van der Waals surface area contributed by atoms with E-state index in [4.69, 9.17) is 4.74 Å². The number of halogens is 1. The number of rotatable bonds is 4. The van der Waals surface area contributed by atoms with E-state index in [-0.39, 0.29) is 18.0 Å². The molecular weight excluding hydrogens is 150 g/mol. The SMILES string of the molecule is CC[NH2+]CCC1(C)CO1.[Cl-]. The van der Waals surface area contributed by atoms with E-state index >= 15 is 0 Å². The molecule has 1 aliphatic heterocycles. The highest BCUT2D eigenvalue weighted by atomic mass is 35.5. The maximum Gasteiger partial charge on any atom is 0.0942 e. The molecule has 0 amide bonds. The van der Waals surface area contributed by atoms with E-state index in [1.807, 2.05) is 0 Å². The Bertz CT molecular complexity index is 93.6. The number of hydrogen-bond donors (Lipinski definition) is 1. The third-order valence-electron chi connectivity index (χ3n) is 1.80. The summed E-state index contributed by atoms with van der Waals surface area (Å²) in [5.41, 5.74) is 0.270. The number of ether oxygens (including phenoxy) is 1. The summed E-state index contributed by atoms with van der Waals surface area (Å²) >= 11 is 0. The van der Waals surface area contributed by atoms with E-state index in [9.17, 15) is 0 Å². The first-order valence-corrected chi connectivity index (χ1v) is 3.72. The Labute approximate surface area is 68.7 Å². The van der Waals surface area contributed by atoms with Crippen LogP contribution < -0.4 is 17.7 Å². The lowest BCUT2D eigenvalue weighted by Crippen LogP contribution is -3.00. The second-order valence-electron chi connectivity index (χ2n) is 2.97. The molecule has 1 fully saturated rings. The molecule has 2 N–H and O–H groups in total. The van der Waals surface area contributed by atoms with Crippen LogP contribution in [0.5, 0.6) is 0 Å². The minimum atomic E-state index is 0. The van der Waals surface area contributed by atoms with E-state index in [0.29, 0.717) is 0 Å². The Hall–Kier alpha value is 0.210. The van der Waals surface area contributed by atoms with Gasteiger partial charge in [-0.15, -0.1) is 0 Å². The predicted octanol–water partition coefficient (Wildman–Crippen LogP) is -3.25. The van der Waals surface area contributed by atoms with Gasteiger partial charge in [-0.05, 0) is 13.8 Å². The molecule has 0 aromatic rings. The van der Waals surface area contributed by atoms with Crippen LogP contribution in [0.3, 0.4) is 0 Å².